The summed E-state index contributed by atoms with van der Waals surface area (Å²) in [6.07, 6.45) is 7.59. The zero-order valence-corrected chi connectivity index (χ0v) is 20.4. The largest absolute Gasteiger partial charge is 0.618 e. The van der Waals surface area contributed by atoms with Crippen LogP contribution in [0.4, 0.5) is 0 Å². The van der Waals surface area contributed by atoms with Crippen LogP contribution in [0.5, 0.6) is 0 Å². The smallest absolute Gasteiger partial charge is 0.343 e. The van der Waals surface area contributed by atoms with Gasteiger partial charge in [0.1, 0.15) is 12.3 Å². The van der Waals surface area contributed by atoms with Crippen molar-refractivity contribution in [2.24, 2.45) is 0 Å². The number of fused-ring (bicyclic) bond motifs is 5. The summed E-state index contributed by atoms with van der Waals surface area (Å²) in [4.78, 5) is 26.3. The molecule has 1 aromatic carbocycles. The zero-order valence-electron chi connectivity index (χ0n) is 20.4. The maximum atomic E-state index is 13.8. The molecule has 2 aliphatic heterocycles. The maximum absolute atomic E-state index is 13.8. The summed E-state index contributed by atoms with van der Waals surface area (Å²) in [5.74, 6) is -0.757. The molecule has 0 fully saturated rings. The number of carbonyl (C=O) groups is 1. The van der Waals surface area contributed by atoms with E-state index in [0.717, 1.165) is 41.4 Å². The Kier molecular flexibility index (Phi) is 6.13. The zero-order chi connectivity index (χ0) is 24.7. The predicted molar refractivity (Wildman–Crippen MR) is 133 cm³/mol. The predicted octanol–water partition coefficient (Wildman–Crippen LogP) is 4.61. The van der Waals surface area contributed by atoms with Gasteiger partial charge in [-0.2, -0.15) is 4.73 Å². The Labute approximate surface area is 204 Å². The summed E-state index contributed by atoms with van der Waals surface area (Å²) in [7, 11) is 0. The molecule has 0 aliphatic carbocycles. The van der Waals surface area contributed by atoms with Gasteiger partial charge < -0.3 is 15.1 Å². The number of nitrogens with zero attached hydrogens (tertiary/aromatic N) is 2. The van der Waals surface area contributed by atoms with Crippen LogP contribution in [0.3, 0.4) is 0 Å². The second-order valence-corrected chi connectivity index (χ2v) is 9.76. The van der Waals surface area contributed by atoms with Crippen molar-refractivity contribution in [3.63, 3.8) is 0 Å². The van der Waals surface area contributed by atoms with E-state index in [1.165, 1.54) is 19.3 Å². The molecule has 0 amide bonds. The minimum atomic E-state index is -1.90. The van der Waals surface area contributed by atoms with E-state index in [9.17, 15) is 19.9 Å². The summed E-state index contributed by atoms with van der Waals surface area (Å²) in [5, 5.41) is 25.6. The summed E-state index contributed by atoms with van der Waals surface area (Å²) in [6.45, 7) is 3.70. The highest BCUT2D eigenvalue weighted by Crippen LogP contribution is 2.43. The van der Waals surface area contributed by atoms with E-state index in [4.69, 9.17) is 4.74 Å². The van der Waals surface area contributed by atoms with Gasteiger partial charge in [-0.15, -0.1) is 0 Å². The van der Waals surface area contributed by atoms with Crippen LogP contribution in [0, 0.1) is 5.21 Å². The van der Waals surface area contributed by atoms with Gasteiger partial charge >= 0.3 is 5.97 Å². The molecule has 0 radical (unpaired) electrons. The number of para-hydroxylation sites is 1. The number of rotatable bonds is 8. The lowest BCUT2D eigenvalue weighted by atomic mass is 9.86. The van der Waals surface area contributed by atoms with Gasteiger partial charge in [-0.25, -0.2) is 4.79 Å². The van der Waals surface area contributed by atoms with Crippen molar-refractivity contribution in [3.05, 3.63) is 68.6 Å². The summed E-state index contributed by atoms with van der Waals surface area (Å²) in [6, 6.07) is 10.8. The maximum Gasteiger partial charge on any atom is 0.343 e. The van der Waals surface area contributed by atoms with Crippen molar-refractivity contribution in [2.75, 3.05) is 0 Å². The summed E-state index contributed by atoms with van der Waals surface area (Å²) < 4.78 is 7.81. The topological polar surface area (TPSA) is 95.5 Å². The first-order valence-corrected chi connectivity index (χ1v) is 12.8. The van der Waals surface area contributed by atoms with E-state index in [0.29, 0.717) is 22.5 Å². The summed E-state index contributed by atoms with van der Waals surface area (Å²) >= 11 is 0. The molecule has 0 saturated carbocycles. The van der Waals surface area contributed by atoms with Crippen LogP contribution in [0.1, 0.15) is 87.9 Å². The fourth-order valence-electron chi connectivity index (χ4n) is 5.68. The number of hydrogen-bond acceptors (Lipinski definition) is 5. The average molecular weight is 477 g/mol. The van der Waals surface area contributed by atoms with Gasteiger partial charge in [0.2, 0.25) is 11.2 Å². The van der Waals surface area contributed by atoms with Crippen LogP contribution in [0.15, 0.2) is 41.2 Å². The molecule has 35 heavy (non-hydrogen) atoms. The molecular weight excluding hydrogens is 444 g/mol. The molecule has 2 atom stereocenters. The number of hydrogen-bond donors (Lipinski definition) is 1. The molecule has 5 rings (SSSR count). The number of benzene rings is 1. The number of ether oxygens (including phenoxy) is 1. The van der Waals surface area contributed by atoms with Crippen LogP contribution < -0.4 is 10.3 Å². The fourth-order valence-corrected chi connectivity index (χ4v) is 5.68. The first-order valence-electron chi connectivity index (χ1n) is 12.8. The molecule has 2 aliphatic rings. The number of cyclic esters (lactones) is 1. The van der Waals surface area contributed by atoms with E-state index in [1.807, 2.05) is 24.3 Å². The van der Waals surface area contributed by atoms with Gasteiger partial charge in [0.25, 0.3) is 5.56 Å². The molecule has 0 bridgehead atoms. The fraction of sp³-hybridized carbons (Fsp3) is 0.464. The second kappa shape index (κ2) is 9.11. The minimum absolute atomic E-state index is 0.0743. The quantitative estimate of drug-likeness (QED) is 0.222. The Morgan fingerprint density at radius 1 is 1.11 bits per heavy atom. The van der Waals surface area contributed by atoms with Crippen molar-refractivity contribution in [2.45, 2.75) is 83.5 Å². The Bertz CT molecular complexity index is 1360. The van der Waals surface area contributed by atoms with Gasteiger partial charge in [-0.05, 0) is 31.0 Å². The standard InChI is InChI=1S/C28H32N2O5/c1-3-5-6-7-8-9-14-23-19-15-18-12-10-11-13-22(18)30(34)25(19)24-16-21-20(26(31)29(23)24)17-35-27(32)28(21,33)4-2/h10-13,15-16,23,33H,3-9,14,17H2,1-2H3/t23?,28-/m0/s1. The van der Waals surface area contributed by atoms with E-state index in [2.05, 4.69) is 6.92 Å². The SMILES string of the molecule is CCCCCCCCC1c2cc3ccccc3[n+]([O-])c2-c2cc3c(c(=O)n21)COC(=O)[C@]3(O)CC. The highest BCUT2D eigenvalue weighted by molar-refractivity contribution is 5.85. The molecule has 3 aromatic rings. The minimum Gasteiger partial charge on any atom is -0.618 e. The Balaban J connectivity index is 1.67. The lowest BCUT2D eigenvalue weighted by Gasteiger charge is -2.32. The molecule has 1 N–H and O–H groups in total. The molecule has 0 spiro atoms. The van der Waals surface area contributed by atoms with Gasteiger partial charge in [-0.1, -0.05) is 64.5 Å². The van der Waals surface area contributed by atoms with E-state index >= 15 is 0 Å². The van der Waals surface area contributed by atoms with Crippen molar-refractivity contribution >= 4 is 16.9 Å². The normalized spacial score (nSPS) is 20.4. The van der Waals surface area contributed by atoms with Crippen molar-refractivity contribution in [1.82, 2.24) is 4.57 Å². The first kappa shape index (κ1) is 23.5. The highest BCUT2D eigenvalue weighted by Gasteiger charge is 2.47. The van der Waals surface area contributed by atoms with Gasteiger partial charge in [-0.3, -0.25) is 9.36 Å². The summed E-state index contributed by atoms with van der Waals surface area (Å²) in [5.41, 5.74) is 0.580. The molecule has 4 heterocycles. The first-order chi connectivity index (χ1) is 16.9. The Hall–Kier alpha value is -3.19. The molecule has 7 heteroatoms. The lowest BCUT2D eigenvalue weighted by molar-refractivity contribution is -0.565. The van der Waals surface area contributed by atoms with Crippen LogP contribution >= 0.6 is 0 Å². The third-order valence-corrected chi connectivity index (χ3v) is 7.67. The van der Waals surface area contributed by atoms with Crippen LogP contribution in [0.25, 0.3) is 22.3 Å². The van der Waals surface area contributed by atoms with Crippen molar-refractivity contribution < 1.29 is 19.4 Å². The molecule has 1 unspecified atom stereocenters. The molecular formula is C28H32N2O5. The monoisotopic (exact) mass is 476 g/mol. The highest BCUT2D eigenvalue weighted by atomic mass is 16.6. The van der Waals surface area contributed by atoms with Crippen LogP contribution in [0.2, 0.25) is 0 Å². The van der Waals surface area contributed by atoms with E-state index in [1.54, 1.807) is 23.6 Å². The number of esters is 1. The van der Waals surface area contributed by atoms with Gasteiger partial charge in [0.05, 0.1) is 17.2 Å². The van der Waals surface area contributed by atoms with Crippen LogP contribution in [-0.4, -0.2) is 15.6 Å². The third-order valence-electron chi connectivity index (χ3n) is 7.67. The van der Waals surface area contributed by atoms with Gasteiger partial charge in [0.15, 0.2) is 5.60 Å². The lowest BCUT2D eigenvalue weighted by Crippen LogP contribution is -2.44. The van der Waals surface area contributed by atoms with Gasteiger partial charge in [0, 0.05) is 17.0 Å². The molecule has 184 valence electrons. The van der Waals surface area contributed by atoms with E-state index in [-0.39, 0.29) is 30.2 Å². The Morgan fingerprint density at radius 2 is 1.86 bits per heavy atom. The second-order valence-electron chi connectivity index (χ2n) is 9.76. The number of aromatic nitrogens is 2. The Morgan fingerprint density at radius 3 is 2.63 bits per heavy atom. The number of pyridine rings is 2. The number of aliphatic hydroxyl groups is 1. The number of unbranched alkanes of at least 4 members (excludes halogenated alkanes) is 5. The average Bonchev–Trinajstić information content (AvgIpc) is 3.18. The number of carbonyl (C=O) groups excluding carboxylic acids is 1. The van der Waals surface area contributed by atoms with Crippen LogP contribution in [-0.2, 0) is 21.7 Å². The van der Waals surface area contributed by atoms with E-state index < -0.39 is 11.6 Å². The molecule has 0 saturated heterocycles. The third kappa shape index (κ3) is 3.64. The van der Waals surface area contributed by atoms with Crippen molar-refractivity contribution in [3.8, 4) is 11.4 Å². The molecule has 2 aromatic heterocycles. The molecule has 7 nitrogen and oxygen atoms in total. The van der Waals surface area contributed by atoms with Crippen molar-refractivity contribution in [1.29, 1.82) is 0 Å².